The molecule has 0 saturated carbocycles. The second kappa shape index (κ2) is 13.3. The summed E-state index contributed by atoms with van der Waals surface area (Å²) >= 11 is 1.21. The summed E-state index contributed by atoms with van der Waals surface area (Å²) in [5.74, 6) is 0.409. The molecular formula is C30H32N2O8S. The molecule has 10 nitrogen and oxygen atoms in total. The first-order valence-electron chi connectivity index (χ1n) is 13.2. The van der Waals surface area contributed by atoms with Crippen LogP contribution in [-0.2, 0) is 19.1 Å². The largest absolute Gasteiger partial charge is 0.494 e. The van der Waals surface area contributed by atoms with Crippen LogP contribution in [0, 0.1) is 0 Å². The Morgan fingerprint density at radius 1 is 0.976 bits per heavy atom. The molecule has 0 aliphatic carbocycles. The number of benzene rings is 2. The highest BCUT2D eigenvalue weighted by Crippen LogP contribution is 2.32. The van der Waals surface area contributed by atoms with Gasteiger partial charge in [0, 0.05) is 0 Å². The van der Waals surface area contributed by atoms with Gasteiger partial charge in [0.05, 0.1) is 48.8 Å². The molecular weight excluding hydrogens is 548 g/mol. The number of fused-ring (bicyclic) bond motifs is 1. The van der Waals surface area contributed by atoms with E-state index in [1.54, 1.807) is 45.0 Å². The second-order valence-corrected chi connectivity index (χ2v) is 9.82. The number of carbonyl (C=O) groups excluding carboxylic acids is 2. The molecule has 1 atom stereocenters. The molecule has 41 heavy (non-hydrogen) atoms. The Labute approximate surface area is 241 Å². The molecule has 0 amide bonds. The molecule has 216 valence electrons. The number of hydrogen-bond acceptors (Lipinski definition) is 10. The van der Waals surface area contributed by atoms with E-state index in [0.717, 1.165) is 5.56 Å². The van der Waals surface area contributed by atoms with Crippen molar-refractivity contribution in [1.29, 1.82) is 0 Å². The molecule has 4 rings (SSSR count). The lowest BCUT2D eigenvalue weighted by atomic mass is 9.96. The molecule has 0 saturated heterocycles. The third-order valence-corrected chi connectivity index (χ3v) is 7.14. The number of allylic oxidation sites excluding steroid dienone is 1. The molecule has 1 aliphatic heterocycles. The Kier molecular flexibility index (Phi) is 9.61. The number of hydrogen-bond donors (Lipinski definition) is 0. The van der Waals surface area contributed by atoms with E-state index in [1.807, 2.05) is 31.2 Å². The molecule has 2 heterocycles. The van der Waals surface area contributed by atoms with Crippen molar-refractivity contribution < 1.29 is 33.3 Å². The lowest BCUT2D eigenvalue weighted by Crippen LogP contribution is -2.39. The normalized spacial score (nSPS) is 14.7. The highest BCUT2D eigenvalue weighted by Gasteiger charge is 2.33. The van der Waals surface area contributed by atoms with Gasteiger partial charge in [-0.1, -0.05) is 29.5 Å². The van der Waals surface area contributed by atoms with Crippen molar-refractivity contribution in [3.05, 3.63) is 84.5 Å². The van der Waals surface area contributed by atoms with Crippen molar-refractivity contribution in [2.75, 3.05) is 33.5 Å². The number of nitrogens with zero attached hydrogens (tertiary/aromatic N) is 2. The molecule has 1 aromatic heterocycles. The molecule has 0 unspecified atom stereocenters. The average molecular weight is 581 g/mol. The molecule has 1 aliphatic rings. The number of carbonyl (C=O) groups is 2. The maximum atomic E-state index is 13.9. The van der Waals surface area contributed by atoms with E-state index < -0.39 is 18.0 Å². The third kappa shape index (κ3) is 6.51. The molecule has 0 fully saturated rings. The first kappa shape index (κ1) is 29.6. The second-order valence-electron chi connectivity index (χ2n) is 8.81. The van der Waals surface area contributed by atoms with Gasteiger partial charge in [-0.2, -0.15) is 0 Å². The van der Waals surface area contributed by atoms with Gasteiger partial charge in [0.25, 0.3) is 5.56 Å². The van der Waals surface area contributed by atoms with Gasteiger partial charge in [0.2, 0.25) is 0 Å². The summed E-state index contributed by atoms with van der Waals surface area (Å²) in [5.41, 5.74) is 1.83. The van der Waals surface area contributed by atoms with Gasteiger partial charge in [-0.05, 0) is 69.2 Å². The van der Waals surface area contributed by atoms with Crippen LogP contribution in [0.1, 0.15) is 44.9 Å². The van der Waals surface area contributed by atoms with Crippen molar-refractivity contribution >= 4 is 29.4 Å². The predicted molar refractivity (Wildman–Crippen MR) is 153 cm³/mol. The van der Waals surface area contributed by atoms with Crippen molar-refractivity contribution in [2.45, 2.75) is 33.7 Å². The maximum absolute atomic E-state index is 13.9. The fraction of sp³-hybridized carbons (Fsp3) is 0.333. The lowest BCUT2D eigenvalue weighted by molar-refractivity contribution is -0.145. The number of rotatable bonds is 11. The van der Waals surface area contributed by atoms with Crippen LogP contribution < -0.4 is 29.1 Å². The van der Waals surface area contributed by atoms with Crippen LogP contribution in [0.15, 0.2) is 63.5 Å². The maximum Gasteiger partial charge on any atom is 0.344 e. The van der Waals surface area contributed by atoms with Crippen LogP contribution in [0.25, 0.3) is 6.08 Å². The Morgan fingerprint density at radius 3 is 2.37 bits per heavy atom. The molecule has 0 spiro atoms. The minimum absolute atomic E-state index is 0.189. The molecule has 11 heteroatoms. The van der Waals surface area contributed by atoms with E-state index in [9.17, 15) is 14.4 Å². The number of ether oxygens (including phenoxy) is 5. The number of thiazole rings is 1. The molecule has 0 N–H and O–H groups in total. The monoisotopic (exact) mass is 580 g/mol. The SMILES string of the molecule is CCOC(=O)COc1cc(/C=c2/sc3n(c2=O)[C@@H](c2ccc(OCC)cc2)C(C(=O)OCC)=C(C)N=3)ccc1OC. The zero-order valence-corrected chi connectivity index (χ0v) is 24.4. The van der Waals surface area contributed by atoms with Gasteiger partial charge >= 0.3 is 11.9 Å². The van der Waals surface area contributed by atoms with Gasteiger partial charge in [0.1, 0.15) is 5.75 Å². The summed E-state index contributed by atoms with van der Waals surface area (Å²) in [6.45, 7) is 7.75. The Morgan fingerprint density at radius 2 is 1.71 bits per heavy atom. The Balaban J connectivity index is 1.81. The average Bonchev–Trinajstić information content (AvgIpc) is 3.26. The smallest absolute Gasteiger partial charge is 0.344 e. The van der Waals surface area contributed by atoms with Crippen LogP contribution in [0.2, 0.25) is 0 Å². The Bertz CT molecular complexity index is 1640. The van der Waals surface area contributed by atoms with Crippen LogP contribution in [0.4, 0.5) is 0 Å². The fourth-order valence-electron chi connectivity index (χ4n) is 4.41. The molecule has 3 aromatic rings. The third-order valence-electron chi connectivity index (χ3n) is 6.16. The van der Waals surface area contributed by atoms with Crippen molar-refractivity contribution in [3.8, 4) is 17.2 Å². The van der Waals surface area contributed by atoms with Gasteiger partial charge in [-0.3, -0.25) is 9.36 Å². The highest BCUT2D eigenvalue weighted by atomic mass is 32.1. The van der Waals surface area contributed by atoms with Gasteiger partial charge < -0.3 is 23.7 Å². The highest BCUT2D eigenvalue weighted by molar-refractivity contribution is 7.07. The van der Waals surface area contributed by atoms with E-state index in [2.05, 4.69) is 4.99 Å². The predicted octanol–water partition coefficient (Wildman–Crippen LogP) is 3.15. The zero-order valence-electron chi connectivity index (χ0n) is 23.6. The summed E-state index contributed by atoms with van der Waals surface area (Å²) < 4.78 is 28.8. The standard InChI is InChI=1S/C30H32N2O8S/c1-6-37-21-12-10-20(11-13-21)27-26(29(35)39-8-3)18(4)31-30-32(27)28(34)24(41-30)16-19-9-14-22(36-5)23(15-19)40-17-25(33)38-7-2/h9-16,27H,6-8,17H2,1-5H3/b24-16+/t27-/m0/s1. The van der Waals surface area contributed by atoms with Gasteiger partial charge in [-0.15, -0.1) is 0 Å². The van der Waals surface area contributed by atoms with Crippen molar-refractivity contribution in [3.63, 3.8) is 0 Å². The first-order valence-corrected chi connectivity index (χ1v) is 14.0. The van der Waals surface area contributed by atoms with E-state index >= 15 is 0 Å². The number of esters is 2. The molecule has 0 bridgehead atoms. The summed E-state index contributed by atoms with van der Waals surface area (Å²) in [6, 6.07) is 11.7. The van der Waals surface area contributed by atoms with Crippen LogP contribution in [0.3, 0.4) is 0 Å². The van der Waals surface area contributed by atoms with E-state index in [-0.39, 0.29) is 25.4 Å². The van der Waals surface area contributed by atoms with E-state index in [1.165, 1.54) is 23.0 Å². The molecule has 0 radical (unpaired) electrons. The lowest BCUT2D eigenvalue weighted by Gasteiger charge is -2.24. The van der Waals surface area contributed by atoms with Crippen molar-refractivity contribution in [2.24, 2.45) is 4.99 Å². The quantitative estimate of drug-likeness (QED) is 0.318. The number of methoxy groups -OCH3 is 1. The van der Waals surface area contributed by atoms with Crippen LogP contribution in [0.5, 0.6) is 17.2 Å². The van der Waals surface area contributed by atoms with Crippen LogP contribution in [-0.4, -0.2) is 50.0 Å². The topological polar surface area (TPSA) is 115 Å². The summed E-state index contributed by atoms with van der Waals surface area (Å²) in [5, 5.41) is 0. The van der Waals surface area contributed by atoms with Crippen molar-refractivity contribution in [1.82, 2.24) is 4.57 Å². The minimum atomic E-state index is -0.734. The fourth-order valence-corrected chi connectivity index (χ4v) is 5.45. The summed E-state index contributed by atoms with van der Waals surface area (Å²) in [4.78, 5) is 43.8. The van der Waals surface area contributed by atoms with Gasteiger partial charge in [0.15, 0.2) is 22.9 Å². The zero-order chi connectivity index (χ0) is 29.5. The summed E-state index contributed by atoms with van der Waals surface area (Å²) in [7, 11) is 1.49. The van der Waals surface area contributed by atoms with E-state index in [0.29, 0.717) is 50.0 Å². The number of aromatic nitrogens is 1. The minimum Gasteiger partial charge on any atom is -0.494 e. The summed E-state index contributed by atoms with van der Waals surface area (Å²) in [6.07, 6.45) is 1.71. The Hall–Kier alpha value is -4.38. The van der Waals surface area contributed by atoms with Gasteiger partial charge in [-0.25, -0.2) is 14.6 Å². The van der Waals surface area contributed by atoms with E-state index in [4.69, 9.17) is 23.7 Å². The molecule has 2 aromatic carbocycles. The van der Waals surface area contributed by atoms with Crippen LogP contribution >= 0.6 is 11.3 Å². The first-order chi connectivity index (χ1) is 19.8.